The van der Waals surface area contributed by atoms with Gasteiger partial charge in [0.15, 0.2) is 0 Å². The molecule has 2 rings (SSSR count). The molecule has 2 heterocycles. The molecule has 0 aliphatic heterocycles. The first-order valence-corrected chi connectivity index (χ1v) is 4.81. The van der Waals surface area contributed by atoms with E-state index in [0.717, 1.165) is 0 Å². The number of nitrogens with zero attached hydrogens (tertiary/aromatic N) is 4. The molecule has 0 fully saturated rings. The summed E-state index contributed by atoms with van der Waals surface area (Å²) >= 11 is 0. The van der Waals surface area contributed by atoms with E-state index in [1.165, 1.54) is 36.4 Å². The van der Waals surface area contributed by atoms with Crippen molar-refractivity contribution in [2.24, 2.45) is 0 Å². The largest absolute Gasteiger partial charge is 0.364 e. The Balaban J connectivity index is 2.48. The summed E-state index contributed by atoms with van der Waals surface area (Å²) in [5.74, 6) is -0.665. The summed E-state index contributed by atoms with van der Waals surface area (Å²) in [7, 11) is 0. The zero-order chi connectivity index (χ0) is 13.1. The van der Waals surface area contributed by atoms with Gasteiger partial charge in [-0.25, -0.2) is 0 Å². The zero-order valence-electron chi connectivity index (χ0n) is 8.89. The molecular formula is C10H6N4O4. The van der Waals surface area contributed by atoms with Crippen LogP contribution in [0.4, 0.5) is 11.6 Å². The molecule has 0 bridgehead atoms. The Labute approximate surface area is 100 Å². The Kier molecular flexibility index (Phi) is 2.92. The van der Waals surface area contributed by atoms with Gasteiger partial charge in [0.2, 0.25) is 11.4 Å². The highest BCUT2D eigenvalue weighted by Crippen LogP contribution is 2.19. The van der Waals surface area contributed by atoms with Crippen LogP contribution in [0.2, 0.25) is 0 Å². The van der Waals surface area contributed by atoms with Crippen LogP contribution in [-0.2, 0) is 0 Å². The fourth-order valence-electron chi connectivity index (χ4n) is 1.34. The maximum atomic E-state index is 10.6. The van der Waals surface area contributed by atoms with Gasteiger partial charge < -0.3 is 20.2 Å². The maximum Gasteiger partial charge on any atom is 0.364 e. The molecule has 2 aromatic heterocycles. The lowest BCUT2D eigenvalue weighted by atomic mass is 10.2. The third kappa shape index (κ3) is 2.26. The molecule has 0 amide bonds. The fourth-order valence-corrected chi connectivity index (χ4v) is 1.34. The van der Waals surface area contributed by atoms with E-state index in [0.29, 0.717) is 0 Å². The fraction of sp³-hybridized carbons (Fsp3) is 0. The highest BCUT2D eigenvalue weighted by atomic mass is 16.6. The van der Waals surface area contributed by atoms with Crippen molar-refractivity contribution in [3.8, 4) is 11.4 Å². The van der Waals surface area contributed by atoms with E-state index >= 15 is 0 Å². The summed E-state index contributed by atoms with van der Waals surface area (Å²) in [6.45, 7) is 0. The molecule has 0 aliphatic carbocycles. The van der Waals surface area contributed by atoms with Gasteiger partial charge in [0.25, 0.3) is 0 Å². The summed E-state index contributed by atoms with van der Waals surface area (Å²) in [6, 6.07) is 8.36. The van der Waals surface area contributed by atoms with Crippen LogP contribution in [0.1, 0.15) is 0 Å². The van der Waals surface area contributed by atoms with Crippen LogP contribution in [0, 0.1) is 20.2 Å². The van der Waals surface area contributed by atoms with E-state index in [2.05, 4.69) is 9.97 Å². The average molecular weight is 246 g/mol. The van der Waals surface area contributed by atoms with Crippen molar-refractivity contribution in [3.05, 3.63) is 56.6 Å². The molecule has 8 heteroatoms. The van der Waals surface area contributed by atoms with Crippen LogP contribution in [0.5, 0.6) is 0 Å². The number of hydrogen-bond acceptors (Lipinski definition) is 6. The highest BCUT2D eigenvalue weighted by Gasteiger charge is 2.17. The van der Waals surface area contributed by atoms with E-state index in [1.54, 1.807) is 0 Å². The van der Waals surface area contributed by atoms with Crippen molar-refractivity contribution in [2.45, 2.75) is 0 Å². The van der Waals surface area contributed by atoms with Crippen molar-refractivity contribution in [1.29, 1.82) is 0 Å². The molecule has 0 saturated heterocycles. The second-order valence-corrected chi connectivity index (χ2v) is 3.28. The zero-order valence-corrected chi connectivity index (χ0v) is 8.89. The molecule has 8 nitrogen and oxygen atoms in total. The van der Waals surface area contributed by atoms with Crippen LogP contribution in [0.25, 0.3) is 11.4 Å². The SMILES string of the molecule is O=[N+]([O-])c1cccc(-c2cccc([N+](=O)[O-])n2)n1. The molecule has 0 atom stereocenters. The molecular weight excluding hydrogens is 240 g/mol. The monoisotopic (exact) mass is 246 g/mol. The van der Waals surface area contributed by atoms with Crippen molar-refractivity contribution < 1.29 is 9.85 Å². The summed E-state index contributed by atoms with van der Waals surface area (Å²) in [5, 5.41) is 21.1. The van der Waals surface area contributed by atoms with Gasteiger partial charge in [-0.1, -0.05) is 0 Å². The van der Waals surface area contributed by atoms with Crippen LogP contribution in [0.15, 0.2) is 36.4 Å². The van der Waals surface area contributed by atoms with Gasteiger partial charge in [-0.2, -0.15) is 0 Å². The van der Waals surface area contributed by atoms with Crippen molar-refractivity contribution in [3.63, 3.8) is 0 Å². The van der Waals surface area contributed by atoms with E-state index in [-0.39, 0.29) is 23.0 Å². The second kappa shape index (κ2) is 4.53. The minimum Gasteiger partial charge on any atom is -0.358 e. The number of nitro groups is 2. The molecule has 2 aromatic rings. The Morgan fingerprint density at radius 3 is 1.50 bits per heavy atom. The van der Waals surface area contributed by atoms with Crippen molar-refractivity contribution in [1.82, 2.24) is 9.97 Å². The van der Waals surface area contributed by atoms with E-state index in [4.69, 9.17) is 0 Å². The van der Waals surface area contributed by atoms with Crippen LogP contribution >= 0.6 is 0 Å². The van der Waals surface area contributed by atoms with E-state index in [9.17, 15) is 20.2 Å². The number of aromatic nitrogens is 2. The topological polar surface area (TPSA) is 112 Å². The Bertz CT molecular complexity index is 573. The standard InChI is InChI=1S/C10H6N4O4/c15-13(16)9-5-1-3-7(11-9)8-4-2-6-10(12-8)14(17)18/h1-6H. The lowest BCUT2D eigenvalue weighted by molar-refractivity contribution is -0.389. The quantitative estimate of drug-likeness (QED) is 0.604. The third-order valence-electron chi connectivity index (χ3n) is 2.11. The minimum atomic E-state index is -0.638. The molecule has 0 radical (unpaired) electrons. The van der Waals surface area contributed by atoms with Crippen molar-refractivity contribution in [2.75, 3.05) is 0 Å². The van der Waals surface area contributed by atoms with Gasteiger partial charge in [-0.05, 0) is 44.1 Å². The first-order valence-electron chi connectivity index (χ1n) is 4.81. The number of rotatable bonds is 3. The molecule has 0 aliphatic rings. The Hall–Kier alpha value is -2.90. The minimum absolute atomic E-state index is 0.216. The normalized spacial score (nSPS) is 10.0. The van der Waals surface area contributed by atoms with Crippen LogP contribution < -0.4 is 0 Å². The summed E-state index contributed by atoms with van der Waals surface area (Å²) in [5.41, 5.74) is 0.431. The van der Waals surface area contributed by atoms with E-state index in [1.807, 2.05) is 0 Å². The van der Waals surface area contributed by atoms with Gasteiger partial charge in [-0.15, -0.1) is 0 Å². The molecule has 0 spiro atoms. The lowest BCUT2D eigenvalue weighted by Crippen LogP contribution is -1.96. The molecule has 0 saturated carbocycles. The van der Waals surface area contributed by atoms with Gasteiger partial charge in [-0.3, -0.25) is 0 Å². The third-order valence-corrected chi connectivity index (χ3v) is 2.11. The molecule has 0 N–H and O–H groups in total. The van der Waals surface area contributed by atoms with Gasteiger partial charge >= 0.3 is 11.6 Å². The Morgan fingerprint density at radius 1 is 0.778 bits per heavy atom. The predicted octanol–water partition coefficient (Wildman–Crippen LogP) is 1.96. The van der Waals surface area contributed by atoms with Crippen LogP contribution in [-0.4, -0.2) is 19.8 Å². The molecule has 0 unspecified atom stereocenters. The summed E-state index contributed by atoms with van der Waals surface area (Å²) in [6.07, 6.45) is 0. The van der Waals surface area contributed by atoms with Gasteiger partial charge in [0.05, 0.1) is 0 Å². The number of hydrogen-bond donors (Lipinski definition) is 0. The smallest absolute Gasteiger partial charge is 0.358 e. The average Bonchev–Trinajstić information content (AvgIpc) is 2.39. The maximum absolute atomic E-state index is 10.6. The summed E-state index contributed by atoms with van der Waals surface area (Å²) in [4.78, 5) is 27.4. The van der Waals surface area contributed by atoms with Gasteiger partial charge in [0.1, 0.15) is 0 Å². The first-order chi connectivity index (χ1) is 8.58. The van der Waals surface area contributed by atoms with Gasteiger partial charge in [0, 0.05) is 12.1 Å². The molecule has 90 valence electrons. The first kappa shape index (κ1) is 11.6. The molecule has 0 aromatic carbocycles. The number of pyridine rings is 2. The predicted molar refractivity (Wildman–Crippen MR) is 60.8 cm³/mol. The lowest BCUT2D eigenvalue weighted by Gasteiger charge is -1.95. The van der Waals surface area contributed by atoms with Crippen LogP contribution in [0.3, 0.4) is 0 Å². The highest BCUT2D eigenvalue weighted by molar-refractivity contribution is 5.56. The Morgan fingerprint density at radius 2 is 1.17 bits per heavy atom. The summed E-state index contributed by atoms with van der Waals surface area (Å²) < 4.78 is 0. The molecule has 18 heavy (non-hydrogen) atoms. The second-order valence-electron chi connectivity index (χ2n) is 3.28. The van der Waals surface area contributed by atoms with Crippen molar-refractivity contribution >= 4 is 11.6 Å². The van der Waals surface area contributed by atoms with E-state index < -0.39 is 9.85 Å².